The van der Waals surface area contributed by atoms with Crippen molar-refractivity contribution in [3.63, 3.8) is 0 Å². The molecule has 0 aromatic carbocycles. The van der Waals surface area contributed by atoms with Crippen molar-refractivity contribution in [2.24, 2.45) is 11.0 Å². The van der Waals surface area contributed by atoms with Gasteiger partial charge in [-0.05, 0) is 25.0 Å². The number of furan rings is 1. The number of nitrogens with zero attached hydrogens (tertiary/aromatic N) is 1. The van der Waals surface area contributed by atoms with Crippen molar-refractivity contribution in [2.75, 3.05) is 0 Å². The van der Waals surface area contributed by atoms with E-state index in [0.717, 1.165) is 5.76 Å². The van der Waals surface area contributed by atoms with Crippen molar-refractivity contribution < 1.29 is 9.21 Å². The third-order valence-electron chi connectivity index (χ3n) is 1.74. The van der Waals surface area contributed by atoms with Gasteiger partial charge in [0.05, 0.1) is 6.21 Å². The Kier molecular flexibility index (Phi) is 4.09. The van der Waals surface area contributed by atoms with Gasteiger partial charge in [0.2, 0.25) is 5.91 Å². The number of nitrogens with one attached hydrogen (secondary N) is 1. The predicted octanol–water partition coefficient (Wildman–Crippen LogP) is 2.08. The van der Waals surface area contributed by atoms with Gasteiger partial charge in [0.1, 0.15) is 11.5 Å². The van der Waals surface area contributed by atoms with Gasteiger partial charge in [-0.25, -0.2) is 5.43 Å². The lowest BCUT2D eigenvalue weighted by atomic mass is 10.1. The quantitative estimate of drug-likeness (QED) is 0.608. The lowest BCUT2D eigenvalue weighted by molar-refractivity contribution is -0.121. The maximum Gasteiger partial charge on any atom is 0.240 e. The Morgan fingerprint density at radius 2 is 2.33 bits per heavy atom. The van der Waals surface area contributed by atoms with Crippen LogP contribution in [0.4, 0.5) is 0 Å². The first-order chi connectivity index (χ1) is 7.08. The molecule has 0 fully saturated rings. The number of hydrazone groups is 1. The largest absolute Gasteiger partial charge is 0.460 e. The smallest absolute Gasteiger partial charge is 0.240 e. The lowest BCUT2D eigenvalue weighted by Crippen LogP contribution is -2.18. The van der Waals surface area contributed by atoms with E-state index in [-0.39, 0.29) is 5.91 Å². The predicted molar refractivity (Wildman–Crippen MR) is 58.6 cm³/mol. The maximum absolute atomic E-state index is 11.2. The molecule has 0 spiro atoms. The fourth-order valence-electron chi connectivity index (χ4n) is 1.11. The van der Waals surface area contributed by atoms with E-state index in [0.29, 0.717) is 18.1 Å². The number of hydrogen-bond donors (Lipinski definition) is 1. The van der Waals surface area contributed by atoms with Gasteiger partial charge in [0, 0.05) is 6.42 Å². The highest BCUT2D eigenvalue weighted by Gasteiger charge is 2.02. The summed E-state index contributed by atoms with van der Waals surface area (Å²) >= 11 is 0. The van der Waals surface area contributed by atoms with Crippen LogP contribution in [0.2, 0.25) is 0 Å². The molecule has 0 saturated heterocycles. The minimum Gasteiger partial charge on any atom is -0.460 e. The molecule has 0 bridgehead atoms. The second-order valence-corrected chi connectivity index (χ2v) is 3.84. The number of carbonyl (C=O) groups is 1. The number of carbonyl (C=O) groups excluding carboxylic acids is 1. The van der Waals surface area contributed by atoms with Crippen LogP contribution >= 0.6 is 0 Å². The van der Waals surface area contributed by atoms with E-state index < -0.39 is 0 Å². The average Bonchev–Trinajstić information content (AvgIpc) is 2.50. The van der Waals surface area contributed by atoms with Gasteiger partial charge in [-0.1, -0.05) is 13.8 Å². The normalized spacial score (nSPS) is 11.2. The van der Waals surface area contributed by atoms with E-state index in [2.05, 4.69) is 10.5 Å². The van der Waals surface area contributed by atoms with Crippen molar-refractivity contribution in [1.82, 2.24) is 5.43 Å². The first-order valence-electron chi connectivity index (χ1n) is 4.96. The van der Waals surface area contributed by atoms with E-state index >= 15 is 0 Å². The van der Waals surface area contributed by atoms with Crippen LogP contribution in [0.25, 0.3) is 0 Å². The Balaban J connectivity index is 2.36. The van der Waals surface area contributed by atoms with Gasteiger partial charge in [-0.15, -0.1) is 0 Å². The lowest BCUT2D eigenvalue weighted by Gasteiger charge is -2.01. The van der Waals surface area contributed by atoms with Gasteiger partial charge in [0.25, 0.3) is 0 Å². The molecular formula is C11H16N2O2. The second-order valence-electron chi connectivity index (χ2n) is 3.84. The van der Waals surface area contributed by atoms with Crippen LogP contribution in [0, 0.1) is 12.8 Å². The molecule has 0 radical (unpaired) electrons. The summed E-state index contributed by atoms with van der Waals surface area (Å²) in [6.07, 6.45) is 1.97. The van der Waals surface area contributed by atoms with Crippen molar-refractivity contribution >= 4 is 12.1 Å². The minimum absolute atomic E-state index is 0.0791. The molecule has 1 aromatic rings. The van der Waals surface area contributed by atoms with Crippen LogP contribution in [0.5, 0.6) is 0 Å². The molecule has 82 valence electrons. The SMILES string of the molecule is Cc1ccc(/C=N/NC(=O)CC(C)C)o1. The molecule has 0 unspecified atom stereocenters. The van der Waals surface area contributed by atoms with Crippen LogP contribution in [0.1, 0.15) is 31.8 Å². The molecule has 0 atom stereocenters. The molecule has 1 N–H and O–H groups in total. The number of rotatable bonds is 4. The van der Waals surface area contributed by atoms with E-state index in [1.54, 1.807) is 6.07 Å². The van der Waals surface area contributed by atoms with E-state index in [4.69, 9.17) is 4.42 Å². The molecule has 0 saturated carbocycles. The highest BCUT2D eigenvalue weighted by molar-refractivity contribution is 5.80. The molecule has 4 nitrogen and oxygen atoms in total. The first-order valence-corrected chi connectivity index (χ1v) is 4.96. The summed E-state index contributed by atoms with van der Waals surface area (Å²) < 4.78 is 5.25. The standard InChI is InChI=1S/C11H16N2O2/c1-8(2)6-11(14)13-12-7-10-5-4-9(3)15-10/h4-5,7-8H,6H2,1-3H3,(H,13,14)/b12-7+. The average molecular weight is 208 g/mol. The van der Waals surface area contributed by atoms with Gasteiger partial charge < -0.3 is 4.42 Å². The molecule has 0 aliphatic heterocycles. The number of hydrogen-bond acceptors (Lipinski definition) is 3. The van der Waals surface area contributed by atoms with Gasteiger partial charge >= 0.3 is 0 Å². The molecule has 0 aliphatic carbocycles. The zero-order chi connectivity index (χ0) is 11.3. The highest BCUT2D eigenvalue weighted by Crippen LogP contribution is 2.03. The molecular weight excluding hydrogens is 192 g/mol. The van der Waals surface area contributed by atoms with Crippen molar-refractivity contribution in [3.8, 4) is 0 Å². The summed E-state index contributed by atoms with van der Waals surface area (Å²) in [5.41, 5.74) is 2.44. The highest BCUT2D eigenvalue weighted by atomic mass is 16.3. The molecule has 1 aromatic heterocycles. The Hall–Kier alpha value is -1.58. The molecule has 4 heteroatoms. The second kappa shape index (κ2) is 5.34. The third kappa shape index (κ3) is 4.44. The fourth-order valence-corrected chi connectivity index (χ4v) is 1.11. The van der Waals surface area contributed by atoms with Gasteiger partial charge in [-0.2, -0.15) is 5.10 Å². The van der Waals surface area contributed by atoms with Crippen LogP contribution in [0.3, 0.4) is 0 Å². The van der Waals surface area contributed by atoms with Crippen molar-refractivity contribution in [3.05, 3.63) is 23.7 Å². The van der Waals surface area contributed by atoms with E-state index in [1.807, 2.05) is 26.8 Å². The molecule has 1 amide bonds. The Morgan fingerprint density at radius 3 is 2.87 bits per heavy atom. The number of amides is 1. The summed E-state index contributed by atoms with van der Waals surface area (Å²) in [6.45, 7) is 5.83. The maximum atomic E-state index is 11.2. The van der Waals surface area contributed by atoms with Crippen LogP contribution in [-0.4, -0.2) is 12.1 Å². The van der Waals surface area contributed by atoms with Crippen molar-refractivity contribution in [1.29, 1.82) is 0 Å². The molecule has 1 rings (SSSR count). The Morgan fingerprint density at radius 1 is 1.60 bits per heavy atom. The monoisotopic (exact) mass is 208 g/mol. The fraction of sp³-hybridized carbons (Fsp3) is 0.455. The van der Waals surface area contributed by atoms with Crippen molar-refractivity contribution in [2.45, 2.75) is 27.2 Å². The first kappa shape index (κ1) is 11.5. The summed E-state index contributed by atoms with van der Waals surface area (Å²) in [6, 6.07) is 3.64. The summed E-state index contributed by atoms with van der Waals surface area (Å²) in [7, 11) is 0. The topological polar surface area (TPSA) is 54.6 Å². The van der Waals surface area contributed by atoms with Crippen LogP contribution in [0.15, 0.2) is 21.7 Å². The minimum atomic E-state index is -0.0791. The van der Waals surface area contributed by atoms with E-state index in [9.17, 15) is 4.79 Å². The molecule has 15 heavy (non-hydrogen) atoms. The van der Waals surface area contributed by atoms with Gasteiger partial charge in [-0.3, -0.25) is 4.79 Å². The number of aryl methyl sites for hydroxylation is 1. The van der Waals surface area contributed by atoms with E-state index in [1.165, 1.54) is 6.21 Å². The Labute approximate surface area is 89.4 Å². The van der Waals surface area contributed by atoms with Crippen LogP contribution < -0.4 is 5.43 Å². The van der Waals surface area contributed by atoms with Gasteiger partial charge in [0.15, 0.2) is 0 Å². The zero-order valence-corrected chi connectivity index (χ0v) is 9.28. The molecule has 0 aliphatic rings. The zero-order valence-electron chi connectivity index (χ0n) is 9.28. The van der Waals surface area contributed by atoms with Crippen LogP contribution in [-0.2, 0) is 4.79 Å². The third-order valence-corrected chi connectivity index (χ3v) is 1.74. The Bertz CT molecular complexity index is 353. The summed E-state index contributed by atoms with van der Waals surface area (Å²) in [5.74, 6) is 1.72. The molecule has 1 heterocycles. The summed E-state index contributed by atoms with van der Waals surface area (Å²) in [5, 5.41) is 3.79. The summed E-state index contributed by atoms with van der Waals surface area (Å²) in [4.78, 5) is 11.2.